The van der Waals surface area contributed by atoms with E-state index in [0.29, 0.717) is 25.9 Å². The number of carbonyl (C=O) groups excluding carboxylic acids is 2. The predicted octanol–water partition coefficient (Wildman–Crippen LogP) is 4.62. The fourth-order valence-electron chi connectivity index (χ4n) is 4.70. The number of esters is 1. The minimum absolute atomic E-state index is 0.00567. The minimum atomic E-state index is -0.449. The molecule has 2 aromatic rings. The van der Waals surface area contributed by atoms with Crippen LogP contribution in [0.15, 0.2) is 60.7 Å². The quantitative estimate of drug-likeness (QED) is 0.579. The van der Waals surface area contributed by atoms with E-state index < -0.39 is 5.41 Å². The van der Waals surface area contributed by atoms with Gasteiger partial charge in [0.25, 0.3) is 0 Å². The molecule has 2 fully saturated rings. The Kier molecular flexibility index (Phi) is 5.27. The maximum atomic E-state index is 12.4. The molecule has 150 valence electrons. The van der Waals surface area contributed by atoms with Gasteiger partial charge < -0.3 is 10.1 Å². The molecule has 2 aromatic carbocycles. The molecule has 1 aliphatic carbocycles. The zero-order valence-electron chi connectivity index (χ0n) is 16.9. The molecule has 1 saturated carbocycles. The van der Waals surface area contributed by atoms with Crippen molar-refractivity contribution < 1.29 is 14.3 Å². The second kappa shape index (κ2) is 7.86. The highest BCUT2D eigenvalue weighted by atomic mass is 16.5. The molecule has 0 spiro atoms. The molecular formula is C25H27NO3. The largest absolute Gasteiger partial charge is 0.465 e. The summed E-state index contributed by atoms with van der Waals surface area (Å²) in [6.07, 6.45) is 3.43. The fraction of sp³-hybridized carbons (Fsp3) is 0.360. The first-order chi connectivity index (χ1) is 14.0. The summed E-state index contributed by atoms with van der Waals surface area (Å²) in [5, 5.41) is 2.97. The molecule has 1 saturated heterocycles. The molecule has 2 unspecified atom stereocenters. The van der Waals surface area contributed by atoms with Crippen molar-refractivity contribution in [1.82, 2.24) is 0 Å². The van der Waals surface area contributed by atoms with Gasteiger partial charge in [-0.15, -0.1) is 0 Å². The van der Waals surface area contributed by atoms with E-state index >= 15 is 0 Å². The summed E-state index contributed by atoms with van der Waals surface area (Å²) in [4.78, 5) is 24.7. The molecule has 0 bridgehead atoms. The molecule has 1 amide bonds. The van der Waals surface area contributed by atoms with Crippen molar-refractivity contribution in [2.45, 2.75) is 39.0 Å². The van der Waals surface area contributed by atoms with Gasteiger partial charge in [-0.3, -0.25) is 9.59 Å². The van der Waals surface area contributed by atoms with Crippen LogP contribution < -0.4 is 5.32 Å². The van der Waals surface area contributed by atoms with Crippen LogP contribution in [0.25, 0.3) is 0 Å². The monoisotopic (exact) mass is 389 g/mol. The number of allylic oxidation sites excluding steroid dienone is 1. The number of amides is 1. The SMILES string of the molecule is C=C1CC2COC(=O)C2(Cc2ccc(NC(=O)CCc3ccccc3C)cc2)C1. The molecule has 4 rings (SSSR count). The van der Waals surface area contributed by atoms with Crippen LogP contribution in [0.1, 0.15) is 36.0 Å². The number of aryl methyl sites for hydroxylation is 2. The summed E-state index contributed by atoms with van der Waals surface area (Å²) in [5.41, 5.74) is 4.97. The first kappa shape index (κ1) is 19.4. The van der Waals surface area contributed by atoms with Crippen LogP contribution in [-0.2, 0) is 27.2 Å². The molecule has 4 heteroatoms. The Labute approximate surface area is 172 Å². The summed E-state index contributed by atoms with van der Waals surface area (Å²) in [6, 6.07) is 16.0. The van der Waals surface area contributed by atoms with E-state index in [1.165, 1.54) is 11.1 Å². The van der Waals surface area contributed by atoms with Crippen LogP contribution in [0.3, 0.4) is 0 Å². The Morgan fingerprint density at radius 1 is 1.21 bits per heavy atom. The van der Waals surface area contributed by atoms with Crippen molar-refractivity contribution in [1.29, 1.82) is 0 Å². The summed E-state index contributed by atoms with van der Waals surface area (Å²) in [5.74, 6) is 0.157. The number of anilines is 1. The van der Waals surface area contributed by atoms with E-state index in [4.69, 9.17) is 4.74 Å². The average molecular weight is 389 g/mol. The first-order valence-corrected chi connectivity index (χ1v) is 10.2. The lowest BCUT2D eigenvalue weighted by molar-refractivity contribution is -0.146. The van der Waals surface area contributed by atoms with Gasteiger partial charge in [-0.25, -0.2) is 0 Å². The number of hydrogen-bond donors (Lipinski definition) is 1. The molecule has 1 heterocycles. The summed E-state index contributed by atoms with van der Waals surface area (Å²) >= 11 is 0. The van der Waals surface area contributed by atoms with Crippen LogP contribution in [0.5, 0.6) is 0 Å². The van der Waals surface area contributed by atoms with Crippen LogP contribution in [0.4, 0.5) is 5.69 Å². The third-order valence-corrected chi connectivity index (χ3v) is 6.34. The van der Waals surface area contributed by atoms with Crippen molar-refractivity contribution in [3.63, 3.8) is 0 Å². The lowest BCUT2D eigenvalue weighted by Crippen LogP contribution is -2.31. The molecule has 1 aliphatic heterocycles. The Balaban J connectivity index is 1.36. The molecule has 1 N–H and O–H groups in total. The number of benzene rings is 2. The van der Waals surface area contributed by atoms with Gasteiger partial charge in [0.1, 0.15) is 0 Å². The number of nitrogens with one attached hydrogen (secondary N) is 1. The Morgan fingerprint density at radius 3 is 2.72 bits per heavy atom. The lowest BCUT2D eigenvalue weighted by atomic mass is 9.75. The molecule has 0 aromatic heterocycles. The van der Waals surface area contributed by atoms with Crippen molar-refractivity contribution >= 4 is 17.6 Å². The highest BCUT2D eigenvalue weighted by Crippen LogP contribution is 2.52. The molecule has 4 nitrogen and oxygen atoms in total. The minimum Gasteiger partial charge on any atom is -0.465 e. The van der Waals surface area contributed by atoms with E-state index in [0.717, 1.165) is 29.7 Å². The van der Waals surface area contributed by atoms with Gasteiger partial charge in [-0.2, -0.15) is 0 Å². The van der Waals surface area contributed by atoms with E-state index in [2.05, 4.69) is 31.0 Å². The molecule has 2 atom stereocenters. The van der Waals surface area contributed by atoms with Crippen LogP contribution >= 0.6 is 0 Å². The predicted molar refractivity (Wildman–Crippen MR) is 114 cm³/mol. The van der Waals surface area contributed by atoms with E-state index in [9.17, 15) is 9.59 Å². The topological polar surface area (TPSA) is 55.4 Å². The van der Waals surface area contributed by atoms with Gasteiger partial charge in [0.05, 0.1) is 12.0 Å². The maximum absolute atomic E-state index is 12.4. The standard InChI is InChI=1S/C25H27NO3/c1-17-13-21-16-29-24(28)25(21,14-17)15-19-7-10-22(11-8-19)26-23(27)12-9-20-6-4-3-5-18(20)2/h3-8,10-11,21H,1,9,12-16H2,2H3,(H,26,27). The maximum Gasteiger partial charge on any atom is 0.313 e. The van der Waals surface area contributed by atoms with Crippen molar-refractivity contribution in [3.05, 3.63) is 77.4 Å². The number of rotatable bonds is 6. The van der Waals surface area contributed by atoms with Crippen LogP contribution in [0.2, 0.25) is 0 Å². The first-order valence-electron chi connectivity index (χ1n) is 10.2. The smallest absolute Gasteiger partial charge is 0.313 e. The zero-order valence-corrected chi connectivity index (χ0v) is 16.9. The third kappa shape index (κ3) is 3.98. The van der Waals surface area contributed by atoms with E-state index in [1.807, 2.05) is 36.4 Å². The van der Waals surface area contributed by atoms with E-state index in [1.54, 1.807) is 0 Å². The second-order valence-corrected chi connectivity index (χ2v) is 8.43. The zero-order chi connectivity index (χ0) is 20.4. The second-order valence-electron chi connectivity index (χ2n) is 8.43. The fourth-order valence-corrected chi connectivity index (χ4v) is 4.70. The molecule has 2 aliphatic rings. The normalized spacial score (nSPS) is 23.0. The number of ether oxygens (including phenoxy) is 1. The Bertz CT molecular complexity index is 947. The molecule has 0 radical (unpaired) electrons. The van der Waals surface area contributed by atoms with Crippen molar-refractivity contribution in [2.24, 2.45) is 11.3 Å². The van der Waals surface area contributed by atoms with Gasteiger partial charge >= 0.3 is 5.97 Å². The van der Waals surface area contributed by atoms with Gasteiger partial charge in [0.2, 0.25) is 5.91 Å². The summed E-state index contributed by atoms with van der Waals surface area (Å²) in [7, 11) is 0. The highest BCUT2D eigenvalue weighted by Gasteiger charge is 2.55. The number of fused-ring (bicyclic) bond motifs is 1. The Hall–Kier alpha value is -2.88. The van der Waals surface area contributed by atoms with E-state index in [-0.39, 0.29) is 17.8 Å². The molecular weight excluding hydrogens is 362 g/mol. The van der Waals surface area contributed by atoms with Gasteiger partial charge in [0.15, 0.2) is 0 Å². The van der Waals surface area contributed by atoms with Crippen LogP contribution in [0, 0.1) is 18.3 Å². The van der Waals surface area contributed by atoms with Gasteiger partial charge in [-0.1, -0.05) is 48.6 Å². The Morgan fingerprint density at radius 2 is 1.97 bits per heavy atom. The van der Waals surface area contributed by atoms with Gasteiger partial charge in [-0.05, 0) is 61.4 Å². The average Bonchev–Trinajstić information content (AvgIpc) is 3.17. The number of cyclic esters (lactones) is 1. The summed E-state index contributed by atoms with van der Waals surface area (Å²) in [6.45, 7) is 6.67. The number of hydrogen-bond acceptors (Lipinski definition) is 3. The van der Waals surface area contributed by atoms with Crippen LogP contribution in [-0.4, -0.2) is 18.5 Å². The van der Waals surface area contributed by atoms with Crippen molar-refractivity contribution in [2.75, 3.05) is 11.9 Å². The highest BCUT2D eigenvalue weighted by molar-refractivity contribution is 5.90. The number of carbonyl (C=O) groups is 2. The van der Waals surface area contributed by atoms with Gasteiger partial charge in [0, 0.05) is 18.0 Å². The third-order valence-electron chi connectivity index (χ3n) is 6.34. The molecule has 29 heavy (non-hydrogen) atoms. The van der Waals surface area contributed by atoms with Crippen molar-refractivity contribution in [3.8, 4) is 0 Å². The summed E-state index contributed by atoms with van der Waals surface area (Å²) < 4.78 is 5.35. The lowest BCUT2D eigenvalue weighted by Gasteiger charge is -2.24.